The molecule has 5 rings (SSSR count). The zero-order valence-corrected chi connectivity index (χ0v) is 18.6. The maximum Gasteiger partial charge on any atom is -0.00819 e. The van der Waals surface area contributed by atoms with Crippen LogP contribution in [0.2, 0.25) is 0 Å². The molecule has 0 amide bonds. The van der Waals surface area contributed by atoms with Crippen LogP contribution in [-0.2, 0) is 19.3 Å². The summed E-state index contributed by atoms with van der Waals surface area (Å²) >= 11 is 0. The van der Waals surface area contributed by atoms with Gasteiger partial charge in [0.1, 0.15) is 0 Å². The van der Waals surface area contributed by atoms with Crippen molar-refractivity contribution in [2.24, 2.45) is 0 Å². The minimum absolute atomic E-state index is 1.00. The zero-order chi connectivity index (χ0) is 21.8. The number of aryl methyl sites for hydroxylation is 3. The Bertz CT molecular complexity index is 1270. The summed E-state index contributed by atoms with van der Waals surface area (Å²) in [6.07, 6.45) is 9.95. The van der Waals surface area contributed by atoms with Crippen molar-refractivity contribution in [3.8, 4) is 11.1 Å². The Morgan fingerprint density at radius 2 is 1.41 bits per heavy atom. The van der Waals surface area contributed by atoms with Gasteiger partial charge in [0, 0.05) is 0 Å². The minimum Gasteiger partial charge on any atom is -0.0722 e. The van der Waals surface area contributed by atoms with Gasteiger partial charge in [-0.05, 0) is 76.3 Å². The van der Waals surface area contributed by atoms with Crippen LogP contribution >= 0.6 is 0 Å². The van der Waals surface area contributed by atoms with Crippen LogP contribution in [0.15, 0.2) is 109 Å². The van der Waals surface area contributed by atoms with Crippen molar-refractivity contribution in [1.29, 1.82) is 0 Å². The van der Waals surface area contributed by atoms with Gasteiger partial charge in [-0.1, -0.05) is 115 Å². The fourth-order valence-corrected chi connectivity index (χ4v) is 4.51. The van der Waals surface area contributed by atoms with Gasteiger partial charge in [0.15, 0.2) is 0 Å². The lowest BCUT2D eigenvalue weighted by Gasteiger charge is -2.11. The van der Waals surface area contributed by atoms with E-state index in [-0.39, 0.29) is 0 Å². The van der Waals surface area contributed by atoms with Gasteiger partial charge >= 0.3 is 0 Å². The molecule has 0 saturated carbocycles. The fourth-order valence-electron chi connectivity index (χ4n) is 4.51. The maximum atomic E-state index is 2.39. The summed E-state index contributed by atoms with van der Waals surface area (Å²) in [5.41, 5.74) is 12.2. The van der Waals surface area contributed by atoms with Crippen LogP contribution in [0.3, 0.4) is 0 Å². The van der Waals surface area contributed by atoms with Crippen LogP contribution in [0.5, 0.6) is 0 Å². The molecule has 0 N–H and O–H groups in total. The molecule has 0 fully saturated rings. The second-order valence-corrected chi connectivity index (χ2v) is 8.61. The molecule has 0 unspecified atom stereocenters. The lowest BCUT2D eigenvalue weighted by Crippen LogP contribution is -1.95. The highest BCUT2D eigenvalue weighted by atomic mass is 14.2. The first-order valence-corrected chi connectivity index (χ1v) is 11.5. The molecular formula is C32H28. The first kappa shape index (κ1) is 20.3. The molecule has 0 aromatic heterocycles. The normalized spacial score (nSPS) is 12.7. The number of hydrogen-bond donors (Lipinski definition) is 0. The lowest BCUT2D eigenvalue weighted by atomic mass is 9.93. The predicted octanol–water partition coefficient (Wildman–Crippen LogP) is 8.10. The van der Waals surface area contributed by atoms with E-state index in [4.69, 9.17) is 0 Å². The van der Waals surface area contributed by atoms with Crippen LogP contribution in [0.25, 0.3) is 22.8 Å². The Hall–Kier alpha value is -3.64. The molecule has 0 heterocycles. The standard InChI is InChI=1S/C32H28/c1-24-12-15-29(22-28(24)17-14-26-10-6-3-7-11-26)30-20-21-32-27(18-19-31(32)23-30)16-13-25-8-4-2-5-9-25/h2-13,15-16,18,20-23H,14,17,19H2,1H3/b16-13+. The van der Waals surface area contributed by atoms with Crippen molar-refractivity contribution in [3.05, 3.63) is 143 Å². The van der Waals surface area contributed by atoms with E-state index >= 15 is 0 Å². The largest absolute Gasteiger partial charge is 0.0722 e. The van der Waals surface area contributed by atoms with Gasteiger partial charge in [0.05, 0.1) is 0 Å². The first-order valence-electron chi connectivity index (χ1n) is 11.5. The van der Waals surface area contributed by atoms with Crippen molar-refractivity contribution in [2.45, 2.75) is 26.2 Å². The van der Waals surface area contributed by atoms with Gasteiger partial charge in [-0.3, -0.25) is 0 Å². The van der Waals surface area contributed by atoms with Gasteiger partial charge in [-0.15, -0.1) is 0 Å². The van der Waals surface area contributed by atoms with Crippen molar-refractivity contribution in [1.82, 2.24) is 0 Å². The Morgan fingerprint density at radius 1 is 0.688 bits per heavy atom. The van der Waals surface area contributed by atoms with Gasteiger partial charge < -0.3 is 0 Å². The maximum absolute atomic E-state index is 2.39. The quantitative estimate of drug-likeness (QED) is 0.300. The molecule has 0 aliphatic heterocycles. The van der Waals surface area contributed by atoms with E-state index in [0.29, 0.717) is 0 Å². The van der Waals surface area contributed by atoms with Gasteiger partial charge in [-0.2, -0.15) is 0 Å². The summed E-state index contributed by atoms with van der Waals surface area (Å²) in [7, 11) is 0. The van der Waals surface area contributed by atoms with Crippen molar-refractivity contribution in [3.63, 3.8) is 0 Å². The second-order valence-electron chi connectivity index (χ2n) is 8.61. The average Bonchev–Trinajstić information content (AvgIpc) is 3.26. The lowest BCUT2D eigenvalue weighted by molar-refractivity contribution is 0.950. The number of rotatable bonds is 6. The number of benzene rings is 4. The van der Waals surface area contributed by atoms with E-state index in [0.717, 1.165) is 19.3 Å². The molecule has 0 bridgehead atoms. The van der Waals surface area contributed by atoms with E-state index in [1.165, 1.54) is 50.1 Å². The van der Waals surface area contributed by atoms with Crippen LogP contribution in [0, 0.1) is 6.92 Å². The summed E-state index contributed by atoms with van der Waals surface area (Å²) in [6.45, 7) is 2.22. The second kappa shape index (κ2) is 9.24. The Labute approximate surface area is 191 Å². The summed E-state index contributed by atoms with van der Waals surface area (Å²) in [6, 6.07) is 35.2. The van der Waals surface area contributed by atoms with Gasteiger partial charge in [0.25, 0.3) is 0 Å². The molecule has 0 nitrogen and oxygen atoms in total. The SMILES string of the molecule is Cc1ccc(-c2ccc3c(c2)CC=C3/C=C/c2ccccc2)cc1CCc1ccccc1. The highest BCUT2D eigenvalue weighted by Crippen LogP contribution is 2.33. The number of fused-ring (bicyclic) bond motifs is 1. The zero-order valence-electron chi connectivity index (χ0n) is 18.6. The molecule has 4 aromatic rings. The number of allylic oxidation sites excluding steroid dienone is 3. The molecule has 1 aliphatic rings. The van der Waals surface area contributed by atoms with Crippen LogP contribution in [0.4, 0.5) is 0 Å². The molecule has 156 valence electrons. The van der Waals surface area contributed by atoms with Crippen LogP contribution in [0.1, 0.15) is 33.4 Å². The highest BCUT2D eigenvalue weighted by Gasteiger charge is 2.13. The summed E-state index contributed by atoms with van der Waals surface area (Å²) in [4.78, 5) is 0. The Kier molecular flexibility index (Phi) is 5.85. The molecule has 0 radical (unpaired) electrons. The van der Waals surface area contributed by atoms with Gasteiger partial charge in [-0.25, -0.2) is 0 Å². The van der Waals surface area contributed by atoms with E-state index in [1.54, 1.807) is 0 Å². The number of hydrogen-bond acceptors (Lipinski definition) is 0. The molecule has 4 aromatic carbocycles. The molecule has 0 atom stereocenters. The fraction of sp³-hybridized carbons (Fsp3) is 0.125. The summed E-state index contributed by atoms with van der Waals surface area (Å²) in [5.74, 6) is 0. The van der Waals surface area contributed by atoms with Crippen LogP contribution in [-0.4, -0.2) is 0 Å². The third-order valence-electron chi connectivity index (χ3n) is 6.42. The van der Waals surface area contributed by atoms with Crippen molar-refractivity contribution < 1.29 is 0 Å². The summed E-state index contributed by atoms with van der Waals surface area (Å²) in [5, 5.41) is 0. The predicted molar refractivity (Wildman–Crippen MR) is 138 cm³/mol. The third-order valence-corrected chi connectivity index (χ3v) is 6.42. The smallest absolute Gasteiger partial charge is 0.00819 e. The van der Waals surface area contributed by atoms with Crippen LogP contribution < -0.4 is 0 Å². The van der Waals surface area contributed by atoms with E-state index in [1.807, 2.05) is 0 Å². The molecule has 1 aliphatic carbocycles. The van der Waals surface area contributed by atoms with E-state index in [9.17, 15) is 0 Å². The van der Waals surface area contributed by atoms with E-state index < -0.39 is 0 Å². The molecule has 32 heavy (non-hydrogen) atoms. The molecule has 0 heteroatoms. The molecular weight excluding hydrogens is 384 g/mol. The summed E-state index contributed by atoms with van der Waals surface area (Å²) < 4.78 is 0. The minimum atomic E-state index is 1.00. The monoisotopic (exact) mass is 412 g/mol. The van der Waals surface area contributed by atoms with Crippen molar-refractivity contribution >= 4 is 11.6 Å². The Morgan fingerprint density at radius 3 is 2.22 bits per heavy atom. The molecule has 0 saturated heterocycles. The molecule has 0 spiro atoms. The van der Waals surface area contributed by atoms with Crippen molar-refractivity contribution in [2.75, 3.05) is 0 Å². The third kappa shape index (κ3) is 4.50. The Balaban J connectivity index is 1.35. The highest BCUT2D eigenvalue weighted by molar-refractivity contribution is 5.85. The van der Waals surface area contributed by atoms with Gasteiger partial charge in [0.2, 0.25) is 0 Å². The van der Waals surface area contributed by atoms with E-state index in [2.05, 4.69) is 122 Å². The first-order chi connectivity index (χ1) is 15.8. The average molecular weight is 413 g/mol. The topological polar surface area (TPSA) is 0 Å².